The van der Waals surface area contributed by atoms with E-state index in [9.17, 15) is 22.5 Å². The number of carbonyl (C=O) groups excluding carboxylic acids is 2. The Kier molecular flexibility index (Phi) is 2.25. The fraction of sp³-hybridized carbons (Fsp3) is 0.111. The molecule has 0 N–H and O–H groups in total. The van der Waals surface area contributed by atoms with Gasteiger partial charge in [-0.3, -0.25) is 9.59 Å². The van der Waals surface area contributed by atoms with Crippen LogP contribution in [0.4, 0.5) is 12.9 Å². The molecule has 0 aromatic heterocycles. The molecule has 1 aliphatic heterocycles. The standard InChI is InChI=1S/C9H6BF3NO2/c11-10(12,13)5-14-8(15)6-3-1-2-4-7(6)9(14)16/h1-4H,5H2/q-1. The summed E-state index contributed by atoms with van der Waals surface area (Å²) >= 11 is 0. The van der Waals surface area contributed by atoms with Gasteiger partial charge in [0.1, 0.15) is 0 Å². The van der Waals surface area contributed by atoms with E-state index in [4.69, 9.17) is 0 Å². The van der Waals surface area contributed by atoms with Crippen molar-refractivity contribution >= 4 is 18.8 Å². The molecule has 0 spiro atoms. The number of fused-ring (bicyclic) bond motifs is 1. The molecule has 0 saturated carbocycles. The minimum atomic E-state index is -5.20. The van der Waals surface area contributed by atoms with Gasteiger partial charge in [0.25, 0.3) is 11.8 Å². The number of hydrogen-bond acceptors (Lipinski definition) is 2. The normalized spacial score (nSPS) is 15.6. The summed E-state index contributed by atoms with van der Waals surface area (Å²) in [5.41, 5.74) is 0.0695. The van der Waals surface area contributed by atoms with Crippen molar-refractivity contribution in [2.45, 2.75) is 0 Å². The van der Waals surface area contributed by atoms with Crippen molar-refractivity contribution in [1.82, 2.24) is 4.90 Å². The van der Waals surface area contributed by atoms with Crippen LogP contribution in [0.5, 0.6) is 0 Å². The quantitative estimate of drug-likeness (QED) is 0.570. The molecule has 0 fully saturated rings. The van der Waals surface area contributed by atoms with E-state index in [1.165, 1.54) is 24.3 Å². The number of carbonyl (C=O) groups is 2. The first kappa shape index (κ1) is 10.7. The van der Waals surface area contributed by atoms with Gasteiger partial charge in [0, 0.05) is 0 Å². The zero-order valence-corrected chi connectivity index (χ0v) is 7.99. The van der Waals surface area contributed by atoms with Gasteiger partial charge in [-0.1, -0.05) is 12.1 Å². The van der Waals surface area contributed by atoms with Gasteiger partial charge in [-0.05, 0) is 18.6 Å². The van der Waals surface area contributed by atoms with Gasteiger partial charge in [-0.2, -0.15) is 0 Å². The van der Waals surface area contributed by atoms with E-state index in [-0.39, 0.29) is 16.0 Å². The average Bonchev–Trinajstić information content (AvgIpc) is 2.43. The van der Waals surface area contributed by atoms with Crippen molar-refractivity contribution in [3.63, 3.8) is 0 Å². The second-order valence-corrected chi connectivity index (χ2v) is 3.48. The molecule has 0 radical (unpaired) electrons. The number of hydrogen-bond donors (Lipinski definition) is 0. The van der Waals surface area contributed by atoms with E-state index in [1.807, 2.05) is 0 Å². The van der Waals surface area contributed by atoms with Crippen molar-refractivity contribution in [1.29, 1.82) is 0 Å². The summed E-state index contributed by atoms with van der Waals surface area (Å²) in [7, 11) is 0. The lowest BCUT2D eigenvalue weighted by molar-refractivity contribution is 0.0665. The lowest BCUT2D eigenvalue weighted by Gasteiger charge is -2.21. The summed E-state index contributed by atoms with van der Waals surface area (Å²) in [5.74, 6) is -1.75. The molecule has 0 saturated heterocycles. The molecular weight excluding hydrogens is 222 g/mol. The van der Waals surface area contributed by atoms with Crippen molar-refractivity contribution in [2.75, 3.05) is 6.44 Å². The molecule has 0 aliphatic carbocycles. The van der Waals surface area contributed by atoms with E-state index < -0.39 is 25.2 Å². The van der Waals surface area contributed by atoms with Crippen molar-refractivity contribution < 1.29 is 22.5 Å². The minimum Gasteiger partial charge on any atom is -0.448 e. The first-order chi connectivity index (χ1) is 7.40. The average molecular weight is 228 g/mol. The van der Waals surface area contributed by atoms with Gasteiger partial charge in [0.05, 0.1) is 11.1 Å². The van der Waals surface area contributed by atoms with Crippen LogP contribution < -0.4 is 0 Å². The van der Waals surface area contributed by atoms with Crippen LogP contribution in [0.25, 0.3) is 0 Å². The number of rotatable bonds is 2. The maximum absolute atomic E-state index is 12.2. The highest BCUT2D eigenvalue weighted by Crippen LogP contribution is 2.24. The molecule has 84 valence electrons. The number of benzene rings is 1. The van der Waals surface area contributed by atoms with E-state index in [0.717, 1.165) is 0 Å². The largest absolute Gasteiger partial charge is 0.497 e. The molecule has 1 heterocycles. The Balaban J connectivity index is 2.36. The fourth-order valence-electron chi connectivity index (χ4n) is 1.61. The summed E-state index contributed by atoms with van der Waals surface area (Å²) in [5, 5.41) is 0. The zero-order valence-electron chi connectivity index (χ0n) is 7.99. The van der Waals surface area contributed by atoms with Crippen LogP contribution in [0.2, 0.25) is 0 Å². The zero-order chi connectivity index (χ0) is 11.9. The molecule has 7 heteroatoms. The topological polar surface area (TPSA) is 37.4 Å². The number of imide groups is 1. The number of halogens is 3. The number of nitrogens with zero attached hydrogens (tertiary/aromatic N) is 1. The van der Waals surface area contributed by atoms with Gasteiger partial charge < -0.3 is 17.8 Å². The summed E-state index contributed by atoms with van der Waals surface area (Å²) < 4.78 is 36.6. The third-order valence-corrected chi connectivity index (χ3v) is 2.27. The van der Waals surface area contributed by atoms with Gasteiger partial charge >= 0.3 is 6.98 Å². The summed E-state index contributed by atoms with van der Waals surface area (Å²) in [6.45, 7) is -5.20. The molecule has 2 amide bonds. The van der Waals surface area contributed by atoms with E-state index >= 15 is 0 Å². The third kappa shape index (κ3) is 1.68. The minimum absolute atomic E-state index is 0.0348. The maximum Gasteiger partial charge on any atom is 0.497 e. The Labute approximate surface area is 88.9 Å². The van der Waals surface area contributed by atoms with Gasteiger partial charge in [-0.25, -0.2) is 0 Å². The Hall–Kier alpha value is -1.79. The van der Waals surface area contributed by atoms with Gasteiger partial charge in [0.2, 0.25) is 0 Å². The molecule has 1 aliphatic rings. The lowest BCUT2D eigenvalue weighted by atomic mass is 9.91. The summed E-state index contributed by atoms with van der Waals surface area (Å²) in [4.78, 5) is 23.2. The van der Waals surface area contributed by atoms with Crippen molar-refractivity contribution in [3.05, 3.63) is 35.4 Å². The third-order valence-electron chi connectivity index (χ3n) is 2.27. The molecular formula is C9H6BF3NO2-. The Bertz CT molecular complexity index is 437. The maximum atomic E-state index is 12.2. The Morgan fingerprint density at radius 2 is 1.44 bits per heavy atom. The molecule has 0 unspecified atom stereocenters. The molecule has 2 rings (SSSR count). The summed E-state index contributed by atoms with van der Waals surface area (Å²) in [6, 6.07) is 5.70. The lowest BCUT2D eigenvalue weighted by Crippen LogP contribution is -2.41. The van der Waals surface area contributed by atoms with Crippen molar-refractivity contribution in [2.24, 2.45) is 0 Å². The van der Waals surface area contributed by atoms with Crippen LogP contribution in [0.1, 0.15) is 20.7 Å². The Morgan fingerprint density at radius 3 is 1.81 bits per heavy atom. The van der Waals surface area contributed by atoms with E-state index in [2.05, 4.69) is 0 Å². The van der Waals surface area contributed by atoms with Crippen LogP contribution in [-0.2, 0) is 0 Å². The molecule has 1 aromatic carbocycles. The second-order valence-electron chi connectivity index (χ2n) is 3.48. The molecule has 0 bridgehead atoms. The monoisotopic (exact) mass is 228 g/mol. The van der Waals surface area contributed by atoms with Gasteiger partial charge in [-0.15, -0.1) is 0 Å². The van der Waals surface area contributed by atoms with Crippen LogP contribution in [0.15, 0.2) is 24.3 Å². The van der Waals surface area contributed by atoms with Crippen LogP contribution >= 0.6 is 0 Å². The van der Waals surface area contributed by atoms with Gasteiger partial charge in [0.15, 0.2) is 0 Å². The molecule has 16 heavy (non-hydrogen) atoms. The van der Waals surface area contributed by atoms with E-state index in [0.29, 0.717) is 0 Å². The summed E-state index contributed by atoms with van der Waals surface area (Å²) in [6.07, 6.45) is -1.48. The smallest absolute Gasteiger partial charge is 0.448 e. The second kappa shape index (κ2) is 3.36. The van der Waals surface area contributed by atoms with Crippen LogP contribution in [-0.4, -0.2) is 30.1 Å². The molecule has 0 atom stereocenters. The highest BCUT2D eigenvalue weighted by molar-refractivity contribution is 6.59. The number of amides is 2. The Morgan fingerprint density at radius 1 is 1.00 bits per heavy atom. The van der Waals surface area contributed by atoms with Crippen LogP contribution in [0, 0.1) is 0 Å². The predicted molar refractivity (Wildman–Crippen MR) is 50.9 cm³/mol. The van der Waals surface area contributed by atoms with E-state index in [1.54, 1.807) is 0 Å². The predicted octanol–water partition coefficient (Wildman–Crippen LogP) is 1.67. The SMILES string of the molecule is O=C1c2ccccc2C(=O)N1C[B-](F)(F)F. The molecule has 3 nitrogen and oxygen atoms in total. The fourth-order valence-corrected chi connectivity index (χ4v) is 1.61. The van der Waals surface area contributed by atoms with Crippen molar-refractivity contribution in [3.8, 4) is 0 Å². The first-order valence-electron chi connectivity index (χ1n) is 4.56. The highest BCUT2D eigenvalue weighted by atomic mass is 19.4. The highest BCUT2D eigenvalue weighted by Gasteiger charge is 2.39. The van der Waals surface area contributed by atoms with Crippen LogP contribution in [0.3, 0.4) is 0 Å². The molecule has 1 aromatic rings. The first-order valence-corrected chi connectivity index (χ1v) is 4.56.